The number of ether oxygens (including phenoxy) is 3. The zero-order valence-corrected chi connectivity index (χ0v) is 20.0. The second-order valence-corrected chi connectivity index (χ2v) is 9.77. The summed E-state index contributed by atoms with van der Waals surface area (Å²) in [5, 5.41) is 8.92. The van der Waals surface area contributed by atoms with Gasteiger partial charge in [0.1, 0.15) is 16.4 Å². The van der Waals surface area contributed by atoms with Gasteiger partial charge in [-0.3, -0.25) is 4.79 Å². The van der Waals surface area contributed by atoms with Crippen LogP contribution in [-0.2, 0) is 26.0 Å². The van der Waals surface area contributed by atoms with Crippen molar-refractivity contribution < 1.29 is 27.4 Å². The molecule has 0 aromatic heterocycles. The normalized spacial score (nSPS) is 14.2. The van der Waals surface area contributed by atoms with Crippen LogP contribution in [0.25, 0.3) is 11.1 Å². The van der Waals surface area contributed by atoms with Gasteiger partial charge < -0.3 is 14.2 Å². The third kappa shape index (κ3) is 5.69. The van der Waals surface area contributed by atoms with Gasteiger partial charge in [0.2, 0.25) is 10.0 Å². The highest BCUT2D eigenvalue weighted by atomic mass is 32.2. The van der Waals surface area contributed by atoms with Crippen molar-refractivity contribution in [3.8, 4) is 28.7 Å². The maximum atomic E-state index is 13.1. The van der Waals surface area contributed by atoms with Crippen LogP contribution in [-0.4, -0.2) is 52.1 Å². The summed E-state index contributed by atoms with van der Waals surface area (Å²) in [7, 11) is -2.39. The predicted octanol–water partition coefficient (Wildman–Crippen LogP) is 3.40. The molecule has 0 spiro atoms. The highest BCUT2D eigenvalue weighted by molar-refractivity contribution is 7.89. The first kappa shape index (κ1) is 24.4. The minimum Gasteiger partial charge on any atom is -0.495 e. The number of nitriles is 1. The molecule has 1 saturated heterocycles. The van der Waals surface area contributed by atoms with E-state index in [2.05, 4.69) is 6.07 Å². The third-order valence-corrected chi connectivity index (χ3v) is 7.52. The van der Waals surface area contributed by atoms with Crippen molar-refractivity contribution in [2.45, 2.75) is 11.3 Å². The van der Waals surface area contributed by atoms with Crippen molar-refractivity contribution in [2.75, 3.05) is 33.4 Å². The minimum absolute atomic E-state index is 0.0129. The Bertz CT molecular complexity index is 1340. The monoisotopic (exact) mass is 492 g/mol. The van der Waals surface area contributed by atoms with Crippen LogP contribution in [0.3, 0.4) is 0 Å². The van der Waals surface area contributed by atoms with Gasteiger partial charge in [-0.1, -0.05) is 30.3 Å². The van der Waals surface area contributed by atoms with Crippen molar-refractivity contribution in [1.29, 1.82) is 5.26 Å². The number of nitrogens with zero attached hydrogens (tertiary/aromatic N) is 2. The Hall–Kier alpha value is -3.71. The Labute approximate surface area is 204 Å². The van der Waals surface area contributed by atoms with Crippen molar-refractivity contribution in [3.63, 3.8) is 0 Å². The van der Waals surface area contributed by atoms with Gasteiger partial charge >= 0.3 is 5.97 Å². The lowest BCUT2D eigenvalue weighted by atomic mass is 10.0. The predicted molar refractivity (Wildman–Crippen MR) is 129 cm³/mol. The number of methoxy groups -OCH3 is 1. The van der Waals surface area contributed by atoms with Crippen LogP contribution in [0, 0.1) is 11.3 Å². The number of esters is 1. The molecule has 1 fully saturated rings. The molecule has 1 aliphatic heterocycles. The first-order valence-electron chi connectivity index (χ1n) is 11.0. The van der Waals surface area contributed by atoms with E-state index < -0.39 is 16.0 Å². The molecule has 9 heteroatoms. The minimum atomic E-state index is -3.80. The zero-order chi connectivity index (χ0) is 24.8. The lowest BCUT2D eigenvalue weighted by Gasteiger charge is -2.26. The van der Waals surface area contributed by atoms with Gasteiger partial charge in [-0.05, 0) is 53.1 Å². The van der Waals surface area contributed by atoms with Crippen molar-refractivity contribution in [3.05, 3.63) is 77.9 Å². The summed E-state index contributed by atoms with van der Waals surface area (Å²) in [4.78, 5) is 12.6. The van der Waals surface area contributed by atoms with Gasteiger partial charge in [0.25, 0.3) is 0 Å². The molecule has 0 radical (unpaired) electrons. The molecule has 180 valence electrons. The molecule has 0 atom stereocenters. The molecule has 1 aliphatic rings. The van der Waals surface area contributed by atoms with Crippen LogP contribution in [0.5, 0.6) is 11.5 Å². The van der Waals surface area contributed by atoms with E-state index in [-0.39, 0.29) is 30.2 Å². The zero-order valence-electron chi connectivity index (χ0n) is 19.1. The van der Waals surface area contributed by atoms with Crippen LogP contribution in [0.1, 0.15) is 11.1 Å². The van der Waals surface area contributed by atoms with Gasteiger partial charge in [-0.25, -0.2) is 8.42 Å². The van der Waals surface area contributed by atoms with Crippen LogP contribution in [0.4, 0.5) is 0 Å². The number of rotatable bonds is 7. The molecule has 0 bridgehead atoms. The fourth-order valence-electron chi connectivity index (χ4n) is 3.75. The fourth-order valence-corrected chi connectivity index (χ4v) is 5.36. The summed E-state index contributed by atoms with van der Waals surface area (Å²) < 4.78 is 43.6. The highest BCUT2D eigenvalue weighted by Gasteiger charge is 2.29. The second kappa shape index (κ2) is 10.7. The molecule has 0 amide bonds. The van der Waals surface area contributed by atoms with Gasteiger partial charge in [0.05, 0.1) is 38.4 Å². The number of carbonyl (C=O) groups is 1. The van der Waals surface area contributed by atoms with E-state index in [4.69, 9.17) is 19.5 Å². The Morgan fingerprint density at radius 2 is 1.63 bits per heavy atom. The molecule has 8 nitrogen and oxygen atoms in total. The second-order valence-electron chi connectivity index (χ2n) is 7.87. The van der Waals surface area contributed by atoms with E-state index in [1.807, 2.05) is 24.3 Å². The average molecular weight is 493 g/mol. The summed E-state index contributed by atoms with van der Waals surface area (Å²) in [6.07, 6.45) is -0.104. The molecule has 4 rings (SSSR count). The number of benzene rings is 3. The molecule has 0 aliphatic carbocycles. The van der Waals surface area contributed by atoms with Gasteiger partial charge in [-0.2, -0.15) is 9.57 Å². The summed E-state index contributed by atoms with van der Waals surface area (Å²) in [5.74, 6) is 0.0741. The topological polar surface area (TPSA) is 106 Å². The van der Waals surface area contributed by atoms with Gasteiger partial charge in [0, 0.05) is 13.1 Å². The third-order valence-electron chi connectivity index (χ3n) is 5.60. The molecule has 3 aromatic rings. The molecule has 0 saturated carbocycles. The molecule has 35 heavy (non-hydrogen) atoms. The standard InChI is InChI=1S/C26H24N2O6S/c1-32-24-11-4-20(16-25(24)35(30,31)28-12-14-33-15-13-28)17-26(29)34-23-9-7-22(8-10-23)21-5-2-19(18-27)3-6-21/h2-11,16H,12-15,17H2,1H3. The molecular weight excluding hydrogens is 468 g/mol. The summed E-state index contributed by atoms with van der Waals surface area (Å²) in [6, 6.07) is 20.9. The molecule has 1 heterocycles. The van der Waals surface area contributed by atoms with Gasteiger partial charge in [0.15, 0.2) is 0 Å². The van der Waals surface area contributed by atoms with Crippen molar-refractivity contribution in [2.24, 2.45) is 0 Å². The lowest BCUT2D eigenvalue weighted by Crippen LogP contribution is -2.40. The summed E-state index contributed by atoms with van der Waals surface area (Å²) in [6.45, 7) is 1.18. The number of carbonyl (C=O) groups excluding carboxylic acids is 1. The largest absolute Gasteiger partial charge is 0.495 e. The summed E-state index contributed by atoms with van der Waals surface area (Å²) in [5.41, 5.74) is 2.94. The van der Waals surface area contributed by atoms with E-state index in [1.165, 1.54) is 17.5 Å². The number of hydrogen-bond acceptors (Lipinski definition) is 7. The van der Waals surface area contributed by atoms with E-state index in [0.29, 0.717) is 30.1 Å². The quantitative estimate of drug-likeness (QED) is 0.368. The molecule has 0 N–H and O–H groups in total. The number of morpholine rings is 1. The van der Waals surface area contributed by atoms with E-state index in [0.717, 1.165) is 11.1 Å². The number of sulfonamides is 1. The summed E-state index contributed by atoms with van der Waals surface area (Å²) >= 11 is 0. The Morgan fingerprint density at radius 3 is 2.23 bits per heavy atom. The number of hydrogen-bond donors (Lipinski definition) is 0. The van der Waals surface area contributed by atoms with E-state index in [9.17, 15) is 13.2 Å². The molecular formula is C26H24N2O6S. The smallest absolute Gasteiger partial charge is 0.315 e. The van der Waals surface area contributed by atoms with E-state index in [1.54, 1.807) is 36.4 Å². The Morgan fingerprint density at radius 1 is 1.00 bits per heavy atom. The van der Waals surface area contributed by atoms with Crippen molar-refractivity contribution >= 4 is 16.0 Å². The van der Waals surface area contributed by atoms with Crippen LogP contribution in [0.15, 0.2) is 71.6 Å². The maximum absolute atomic E-state index is 13.1. The first-order chi connectivity index (χ1) is 16.9. The molecule has 3 aromatic carbocycles. The average Bonchev–Trinajstić information content (AvgIpc) is 2.89. The van der Waals surface area contributed by atoms with Crippen molar-refractivity contribution in [1.82, 2.24) is 4.31 Å². The maximum Gasteiger partial charge on any atom is 0.315 e. The van der Waals surface area contributed by atoms with Crippen LogP contribution in [0.2, 0.25) is 0 Å². The molecule has 0 unspecified atom stereocenters. The Balaban J connectivity index is 1.46. The van der Waals surface area contributed by atoms with E-state index >= 15 is 0 Å². The lowest BCUT2D eigenvalue weighted by molar-refractivity contribution is -0.133. The van der Waals surface area contributed by atoms with Gasteiger partial charge in [-0.15, -0.1) is 0 Å². The first-order valence-corrected chi connectivity index (χ1v) is 12.4. The Kier molecular flexibility index (Phi) is 7.46. The fraction of sp³-hybridized carbons (Fsp3) is 0.231. The highest BCUT2D eigenvalue weighted by Crippen LogP contribution is 2.29. The van der Waals surface area contributed by atoms with Crippen LogP contribution < -0.4 is 9.47 Å². The SMILES string of the molecule is COc1ccc(CC(=O)Oc2ccc(-c3ccc(C#N)cc3)cc2)cc1S(=O)(=O)N1CCOCC1. The van der Waals surface area contributed by atoms with Crippen LogP contribution >= 0.6 is 0 Å².